The van der Waals surface area contributed by atoms with Gasteiger partial charge in [-0.1, -0.05) is 6.07 Å². The van der Waals surface area contributed by atoms with Gasteiger partial charge in [0.25, 0.3) is 0 Å². The average Bonchev–Trinajstić information content (AvgIpc) is 3.12. The lowest BCUT2D eigenvalue weighted by Gasteiger charge is -2.15. The first kappa shape index (κ1) is 17.6. The van der Waals surface area contributed by atoms with Crippen LogP contribution < -0.4 is 18.9 Å². The zero-order valence-corrected chi connectivity index (χ0v) is 14.4. The van der Waals surface area contributed by atoms with E-state index in [2.05, 4.69) is 0 Å². The zero-order chi connectivity index (χ0) is 18.7. The van der Waals surface area contributed by atoms with Crippen molar-refractivity contribution in [2.75, 3.05) is 21.0 Å². The van der Waals surface area contributed by atoms with Gasteiger partial charge in [0.05, 0.1) is 20.1 Å². The molecule has 0 aromatic heterocycles. The van der Waals surface area contributed by atoms with Gasteiger partial charge in [0.15, 0.2) is 28.8 Å². The topological polar surface area (TPSA) is 91.3 Å². The normalized spacial score (nSPS) is 13.2. The maximum absolute atomic E-state index is 12.6. The van der Waals surface area contributed by atoms with E-state index in [4.69, 9.17) is 18.9 Å². The molecule has 0 amide bonds. The predicted octanol–water partition coefficient (Wildman–Crippen LogP) is 2.87. The lowest BCUT2D eigenvalue weighted by atomic mass is 9.91. The predicted molar refractivity (Wildman–Crippen MR) is 91.4 cm³/mol. The first-order chi connectivity index (χ1) is 12.5. The van der Waals surface area contributed by atoms with Crippen LogP contribution in [0, 0.1) is 0 Å². The monoisotopic (exact) mass is 358 g/mol. The molecule has 7 heteroatoms. The van der Waals surface area contributed by atoms with Crippen molar-refractivity contribution in [3.05, 3.63) is 47.5 Å². The van der Waals surface area contributed by atoms with E-state index in [-0.39, 0.29) is 19.0 Å². The summed E-state index contributed by atoms with van der Waals surface area (Å²) >= 11 is 0. The summed E-state index contributed by atoms with van der Waals surface area (Å²) in [5.74, 6) is -0.455. The van der Waals surface area contributed by atoms with Crippen molar-refractivity contribution >= 4 is 11.8 Å². The van der Waals surface area contributed by atoms with E-state index in [1.807, 2.05) is 0 Å². The molecule has 0 unspecified atom stereocenters. The summed E-state index contributed by atoms with van der Waals surface area (Å²) in [5.41, 5.74) is 0.838. The van der Waals surface area contributed by atoms with Crippen molar-refractivity contribution in [3.8, 4) is 23.0 Å². The molecule has 2 aromatic carbocycles. The Hall–Kier alpha value is -3.22. The van der Waals surface area contributed by atoms with E-state index in [1.54, 1.807) is 36.4 Å². The fraction of sp³-hybridized carbons (Fsp3) is 0.263. The maximum atomic E-state index is 12.6. The minimum absolute atomic E-state index is 0.108. The average molecular weight is 358 g/mol. The molecule has 0 saturated carbocycles. The Morgan fingerprint density at radius 1 is 1.04 bits per heavy atom. The van der Waals surface area contributed by atoms with Crippen LogP contribution in [0.4, 0.5) is 0 Å². The van der Waals surface area contributed by atoms with E-state index in [1.165, 1.54) is 14.2 Å². The highest BCUT2D eigenvalue weighted by molar-refractivity contribution is 5.99. The number of rotatable bonds is 7. The highest BCUT2D eigenvalue weighted by atomic mass is 16.7. The van der Waals surface area contributed by atoms with Gasteiger partial charge in [0.1, 0.15) is 0 Å². The lowest BCUT2D eigenvalue weighted by molar-refractivity contribution is -0.138. The Morgan fingerprint density at radius 3 is 2.46 bits per heavy atom. The summed E-state index contributed by atoms with van der Waals surface area (Å²) in [6.45, 7) is 0.108. The van der Waals surface area contributed by atoms with Gasteiger partial charge in [-0.3, -0.25) is 9.59 Å². The number of hydrogen-bond donors (Lipinski definition) is 1. The molecule has 2 aromatic rings. The van der Waals surface area contributed by atoms with Crippen LogP contribution in [0.5, 0.6) is 23.0 Å². The Balaban J connectivity index is 1.85. The number of ether oxygens (including phenoxy) is 4. The van der Waals surface area contributed by atoms with Gasteiger partial charge >= 0.3 is 5.97 Å². The summed E-state index contributed by atoms with van der Waals surface area (Å²) in [5, 5.41) is 9.60. The van der Waals surface area contributed by atoms with Crippen LogP contribution in [0.25, 0.3) is 0 Å². The summed E-state index contributed by atoms with van der Waals surface area (Å²) in [4.78, 5) is 24.3. The molecule has 3 rings (SSSR count). The van der Waals surface area contributed by atoms with Crippen molar-refractivity contribution < 1.29 is 33.6 Å². The van der Waals surface area contributed by atoms with Crippen LogP contribution in [0.1, 0.15) is 28.3 Å². The van der Waals surface area contributed by atoms with Gasteiger partial charge in [-0.25, -0.2) is 0 Å². The molecule has 1 N–H and O–H groups in total. The van der Waals surface area contributed by atoms with Gasteiger partial charge in [-0.2, -0.15) is 0 Å². The smallest absolute Gasteiger partial charge is 0.311 e. The van der Waals surface area contributed by atoms with Crippen LogP contribution in [0.2, 0.25) is 0 Å². The van der Waals surface area contributed by atoms with Crippen molar-refractivity contribution in [1.29, 1.82) is 0 Å². The second-order valence-electron chi connectivity index (χ2n) is 5.70. The molecule has 1 aliphatic rings. The van der Waals surface area contributed by atoms with Crippen LogP contribution >= 0.6 is 0 Å². The summed E-state index contributed by atoms with van der Waals surface area (Å²) in [6.07, 6.45) is -0.190. The van der Waals surface area contributed by atoms with E-state index < -0.39 is 11.9 Å². The van der Waals surface area contributed by atoms with E-state index in [0.717, 1.165) is 0 Å². The summed E-state index contributed by atoms with van der Waals surface area (Å²) in [6, 6.07) is 9.62. The van der Waals surface area contributed by atoms with E-state index in [9.17, 15) is 14.7 Å². The largest absolute Gasteiger partial charge is 0.493 e. The third-order valence-electron chi connectivity index (χ3n) is 4.19. The van der Waals surface area contributed by atoms with Gasteiger partial charge in [0.2, 0.25) is 6.79 Å². The number of carboxylic acid groups (broad SMARTS) is 1. The summed E-state index contributed by atoms with van der Waals surface area (Å²) in [7, 11) is 2.96. The number of benzene rings is 2. The van der Waals surface area contributed by atoms with Crippen LogP contribution in [0.15, 0.2) is 36.4 Å². The molecule has 7 nitrogen and oxygen atoms in total. The third kappa shape index (κ3) is 3.42. The number of carboxylic acids is 1. The Morgan fingerprint density at radius 2 is 1.77 bits per heavy atom. The number of ketones is 1. The second-order valence-corrected chi connectivity index (χ2v) is 5.70. The highest BCUT2D eigenvalue weighted by Gasteiger charge is 2.26. The SMILES string of the molecule is COc1ccc([C@@H](CC(=O)c2ccc3c(c2)OCO3)C(=O)O)cc1OC. The zero-order valence-electron chi connectivity index (χ0n) is 14.4. The number of aliphatic carboxylic acids is 1. The molecule has 26 heavy (non-hydrogen) atoms. The maximum Gasteiger partial charge on any atom is 0.311 e. The molecule has 0 aliphatic carbocycles. The molecule has 0 fully saturated rings. The molecule has 1 aliphatic heterocycles. The highest BCUT2D eigenvalue weighted by Crippen LogP contribution is 2.35. The van der Waals surface area contributed by atoms with Crippen LogP contribution in [0.3, 0.4) is 0 Å². The molecule has 1 heterocycles. The number of carbonyl (C=O) groups is 2. The molecule has 0 bridgehead atoms. The first-order valence-electron chi connectivity index (χ1n) is 7.91. The lowest BCUT2D eigenvalue weighted by Crippen LogP contribution is -2.16. The number of hydrogen-bond acceptors (Lipinski definition) is 6. The van der Waals surface area contributed by atoms with Crippen LogP contribution in [-0.4, -0.2) is 37.9 Å². The fourth-order valence-corrected chi connectivity index (χ4v) is 2.79. The molecular weight excluding hydrogens is 340 g/mol. The Kier molecular flexibility index (Phi) is 4.97. The third-order valence-corrected chi connectivity index (χ3v) is 4.19. The standard InChI is InChI=1S/C19H18O7/c1-23-15-5-3-11(7-17(15)24-2)13(19(21)22)9-14(20)12-4-6-16-18(8-12)26-10-25-16/h3-8,13H,9-10H2,1-2H3,(H,21,22)/t13-/m1/s1. The fourth-order valence-electron chi connectivity index (χ4n) is 2.79. The number of carbonyl (C=O) groups excluding carboxylic acids is 1. The first-order valence-corrected chi connectivity index (χ1v) is 7.91. The van der Waals surface area contributed by atoms with E-state index in [0.29, 0.717) is 34.1 Å². The molecular formula is C19H18O7. The summed E-state index contributed by atoms with van der Waals surface area (Å²) < 4.78 is 20.8. The van der Waals surface area contributed by atoms with Crippen molar-refractivity contribution in [2.24, 2.45) is 0 Å². The molecule has 0 saturated heterocycles. The number of methoxy groups -OCH3 is 2. The minimum Gasteiger partial charge on any atom is -0.493 e. The molecule has 136 valence electrons. The number of Topliss-reactive ketones (excluding diaryl/α,β-unsaturated/α-hetero) is 1. The van der Waals surface area contributed by atoms with E-state index >= 15 is 0 Å². The Bertz CT molecular complexity index is 844. The van der Waals surface area contributed by atoms with Gasteiger partial charge < -0.3 is 24.1 Å². The van der Waals surface area contributed by atoms with Crippen molar-refractivity contribution in [3.63, 3.8) is 0 Å². The second kappa shape index (κ2) is 7.35. The molecule has 0 spiro atoms. The Labute approximate surface area is 150 Å². The van der Waals surface area contributed by atoms with Crippen molar-refractivity contribution in [1.82, 2.24) is 0 Å². The quantitative estimate of drug-likeness (QED) is 0.761. The number of fused-ring (bicyclic) bond motifs is 1. The van der Waals surface area contributed by atoms with Gasteiger partial charge in [-0.15, -0.1) is 0 Å². The minimum atomic E-state index is -1.09. The molecule has 1 atom stereocenters. The van der Waals surface area contributed by atoms with Gasteiger partial charge in [0, 0.05) is 12.0 Å². The molecule has 0 radical (unpaired) electrons. The van der Waals surface area contributed by atoms with Gasteiger partial charge in [-0.05, 0) is 35.9 Å². The van der Waals surface area contributed by atoms with Crippen molar-refractivity contribution in [2.45, 2.75) is 12.3 Å². The van der Waals surface area contributed by atoms with Crippen LogP contribution in [-0.2, 0) is 4.79 Å².